The number of methoxy groups -OCH3 is 2. The van der Waals surface area contributed by atoms with Crippen molar-refractivity contribution in [3.63, 3.8) is 0 Å². The summed E-state index contributed by atoms with van der Waals surface area (Å²) < 4.78 is 255. The highest BCUT2D eigenvalue weighted by molar-refractivity contribution is 7.90. The molecule has 2 N–H and O–H groups in total. The minimum absolute atomic E-state index is 0.0000520. The summed E-state index contributed by atoms with van der Waals surface area (Å²) in [5.74, 6) is -3.08. The van der Waals surface area contributed by atoms with E-state index in [1.54, 1.807) is 20.8 Å². The van der Waals surface area contributed by atoms with Gasteiger partial charge in [-0.15, -0.1) is 0 Å². The molecule has 0 spiro atoms. The fourth-order valence-corrected chi connectivity index (χ4v) is 34.6. The van der Waals surface area contributed by atoms with Crippen LogP contribution in [0.2, 0.25) is 0 Å². The molecule has 620 valence electrons. The molecular weight excluding hydrogens is 1620 g/mol. The average Bonchev–Trinajstić information content (AvgIpc) is 1.51. The molecule has 0 saturated carbocycles. The lowest BCUT2D eigenvalue weighted by atomic mass is 9.73. The number of aliphatic hydroxyl groups is 2. The number of hydrogen-bond acceptors (Lipinski definition) is 39. The Balaban J connectivity index is 0.000000103. The van der Waals surface area contributed by atoms with Crippen LogP contribution in [-0.4, -0.2) is 295 Å². The van der Waals surface area contributed by atoms with Crippen molar-refractivity contribution in [3.8, 4) is 6.07 Å². The number of rotatable bonds is 8. The van der Waals surface area contributed by atoms with E-state index in [1.807, 2.05) is 47.6 Å². The summed E-state index contributed by atoms with van der Waals surface area (Å²) in [7, 11) is -23.2. The van der Waals surface area contributed by atoms with Crippen molar-refractivity contribution in [2.45, 2.75) is 270 Å². The Bertz CT molecular complexity index is 4760. The first-order valence-electron chi connectivity index (χ1n) is 36.2. The minimum atomic E-state index is -3.94. The van der Waals surface area contributed by atoms with Gasteiger partial charge < -0.3 is 62.3 Å². The van der Waals surface area contributed by atoms with E-state index in [0.29, 0.717) is 6.42 Å². The fraction of sp³-hybridized carbons (Fsp3) is 0.922. The Hall–Kier alpha value is -3.62. The van der Waals surface area contributed by atoms with Crippen LogP contribution in [0.1, 0.15) is 108 Å². The normalized spacial score (nSPS) is 54.1. The van der Waals surface area contributed by atoms with Crippen molar-refractivity contribution in [3.05, 3.63) is 0 Å². The zero-order chi connectivity index (χ0) is 80.4. The number of hydrogen-bond donors (Lipinski definition) is 2. The molecule has 0 aromatic rings. The van der Waals surface area contributed by atoms with Crippen LogP contribution in [0.3, 0.4) is 0 Å². The Morgan fingerprint density at radius 2 is 0.900 bits per heavy atom. The smallest absolute Gasteiger partial charge is 0.332 e. The van der Waals surface area contributed by atoms with Gasteiger partial charge in [-0.05, 0) is 13.3 Å². The third-order valence-electron chi connectivity index (χ3n) is 27.8. The van der Waals surface area contributed by atoms with Crippen LogP contribution in [0.5, 0.6) is 0 Å². The van der Waals surface area contributed by atoms with Crippen molar-refractivity contribution in [1.82, 2.24) is 0 Å². The van der Waals surface area contributed by atoms with Gasteiger partial charge in [-0.1, -0.05) is 55.4 Å². The van der Waals surface area contributed by atoms with Crippen molar-refractivity contribution >= 4 is 94.7 Å². The molecule has 37 atom stereocenters. The molecule has 21 aliphatic heterocycles. The molecule has 0 amide bonds. The molecule has 14 bridgehead atoms. The largest absolute Gasteiger partial charge is 0.469 e. The number of ether oxygens (including phenoxy) is 11. The third kappa shape index (κ3) is 10.9. The van der Waals surface area contributed by atoms with Crippen molar-refractivity contribution in [2.24, 2.45) is 53.3 Å². The van der Waals surface area contributed by atoms with Gasteiger partial charge in [0.2, 0.25) is 9.49 Å². The van der Waals surface area contributed by atoms with Crippen LogP contribution >= 0.6 is 0 Å². The van der Waals surface area contributed by atoms with Crippen LogP contribution in [0, 0.1) is 64.6 Å². The highest BCUT2D eigenvalue weighted by Crippen LogP contribution is 2.65. The topological polar surface area (TPSA) is 538 Å². The Morgan fingerprint density at radius 1 is 0.436 bits per heavy atom. The van der Waals surface area contributed by atoms with Crippen LogP contribution < -0.4 is 0 Å². The number of carbonyl (C=O) groups is 4. The first-order chi connectivity index (χ1) is 50.9. The first-order valence-corrected chi connectivity index (χ1v) is 46.3. The van der Waals surface area contributed by atoms with E-state index >= 15 is 0 Å². The number of nitriles is 1. The lowest BCUT2D eigenvalue weighted by Gasteiger charge is -2.31. The number of aliphatic hydroxyl groups excluding tert-OH is 2. The zero-order valence-corrected chi connectivity index (χ0v) is 67.3. The van der Waals surface area contributed by atoms with Crippen molar-refractivity contribution in [2.75, 3.05) is 40.6 Å². The number of fused-ring (bicyclic) bond motifs is 7. The zero-order valence-electron chi connectivity index (χ0n) is 61.6. The van der Waals surface area contributed by atoms with E-state index in [-0.39, 0.29) is 142 Å². The number of nitrogens with zero attached hydrogens (tertiary/aromatic N) is 1. The summed E-state index contributed by atoms with van der Waals surface area (Å²) in [5.41, 5.74) is -4.18. The molecule has 0 radical (unpaired) electrons. The molecule has 37 unspecified atom stereocenters. The predicted octanol–water partition coefficient (Wildman–Crippen LogP) is -2.70. The van der Waals surface area contributed by atoms with Gasteiger partial charge in [0.05, 0.1) is 69.6 Å². The predicted molar refractivity (Wildman–Crippen MR) is 359 cm³/mol. The summed E-state index contributed by atoms with van der Waals surface area (Å²) in [6, 6.07) is 1.87. The highest BCUT2D eigenvalue weighted by Gasteiger charge is 2.83. The molecular formula is C64H89NO38S7. The monoisotopic (exact) mass is 1700 g/mol. The van der Waals surface area contributed by atoms with Crippen LogP contribution in [0.15, 0.2) is 0 Å². The van der Waals surface area contributed by atoms with E-state index in [9.17, 15) is 88.3 Å². The third-order valence-corrected chi connectivity index (χ3v) is 40.6. The molecule has 21 saturated heterocycles. The number of esters is 4. The maximum absolute atomic E-state index is 12.2. The Kier molecular flexibility index (Phi) is 19.2. The first kappa shape index (κ1) is 81.5. The van der Waals surface area contributed by atoms with Crippen LogP contribution in [0.4, 0.5) is 0 Å². The summed E-state index contributed by atoms with van der Waals surface area (Å²) in [5, 5.41) is 24.8. The Labute approximate surface area is 635 Å². The molecule has 21 rings (SSSR count). The van der Waals surface area contributed by atoms with E-state index < -0.39 is 220 Å². The van der Waals surface area contributed by atoms with Gasteiger partial charge in [-0.25, -0.2) is 0 Å². The lowest BCUT2D eigenvalue weighted by molar-refractivity contribution is -0.162. The van der Waals surface area contributed by atoms with Gasteiger partial charge >= 0.3 is 23.9 Å². The minimum Gasteiger partial charge on any atom is -0.469 e. The standard InChI is InChI=1S/C13H18O8S.C9H14O6S.2C9H12O6S.C8H9NO4S.2C8H12O4S/c1-7-11-13(6-19-9(3)15)10(22(16,17)20-11)4-12(7,21-13)5-18-8(2)14;1-5-7-9(4-11)6(16(12,13)14-7)2-8(5,3-10)15-9;1-4-5-3-9(8(10)13-2)7(14-5)6(4)15-16(9,11)12;1-3-5-4(9(10)13-2)8-7(14-5)6(3)15-16(8,11)12;1-4-5-2-8(3-9)7(12-5)6(4)13-14(8,10)11;1-4-5-3-8(2)7(11-5)6(4)12-13(8,9)10;1-3-5-4(2)8-7(11-5)6(3)12-13(8,9)10/h7,10-11H,4-6H2,1-3H3;5-7,10-11H,2-4H2,1H3;4-7H,3H2,1-2H3;3-8H,1-2H3;4-7H,2H2,1H3;4-7H,3H2,1-2H3;3-8H,1-2H3. The maximum atomic E-state index is 12.2. The van der Waals surface area contributed by atoms with E-state index in [1.165, 1.54) is 28.1 Å². The molecule has 21 aliphatic rings. The number of carbonyl (C=O) groups excluding carboxylic acids is 4. The van der Waals surface area contributed by atoms with E-state index in [0.717, 1.165) is 0 Å². The highest BCUT2D eigenvalue weighted by atomic mass is 32.2. The van der Waals surface area contributed by atoms with Gasteiger partial charge in [0.15, 0.2) is 0 Å². The quantitative estimate of drug-likeness (QED) is 0.142. The molecule has 21 fully saturated rings. The van der Waals surface area contributed by atoms with Gasteiger partial charge in [0.1, 0.15) is 135 Å². The molecule has 110 heavy (non-hydrogen) atoms. The lowest BCUT2D eigenvalue weighted by Crippen LogP contribution is -2.52. The summed E-state index contributed by atoms with van der Waals surface area (Å²) in [4.78, 5) is 45.5. The molecule has 46 heteroatoms. The summed E-state index contributed by atoms with van der Waals surface area (Å²) >= 11 is 0. The molecule has 0 aromatic carbocycles. The fourth-order valence-electron chi connectivity index (χ4n) is 21.6. The molecule has 0 aromatic heterocycles. The second-order valence-corrected chi connectivity index (χ2v) is 45.7. The van der Waals surface area contributed by atoms with Crippen LogP contribution in [-0.2, 0) is 171 Å². The van der Waals surface area contributed by atoms with Gasteiger partial charge in [0.25, 0.3) is 70.8 Å². The Morgan fingerprint density at radius 3 is 1.42 bits per heavy atom. The van der Waals surface area contributed by atoms with Crippen LogP contribution in [0.25, 0.3) is 0 Å². The second-order valence-electron chi connectivity index (χ2n) is 33.1. The van der Waals surface area contributed by atoms with Crippen molar-refractivity contribution < 1.29 is 170 Å². The van der Waals surface area contributed by atoms with Gasteiger partial charge in [-0.3, -0.25) is 48.5 Å². The maximum Gasteiger partial charge on any atom is 0.332 e. The SMILES string of the molecule is CC(=O)OCC12CC3C(COC(C)=O)(O1)C(OS3(=O)=O)C2C.CC1C2CC3(C#N)C(O2)C1OS3(=O)=O.CC1C2CC3(C)C(O2)C1OS3(=O)=O.CC1C2OC3C1OS(=O)(=O)C3C2C.CC1C2OS(=O)(=O)C3CC1(CO)OC23CO.COC(=O)C12CC3OC1C(OS2(=O)=O)C3C.COC(=O)C1C2OC3C(OS(=O)(=O)C31)C2C. The molecule has 0 aliphatic carbocycles. The van der Waals surface area contributed by atoms with E-state index in [4.69, 9.17) is 77.2 Å². The van der Waals surface area contributed by atoms with E-state index in [2.05, 4.69) is 9.47 Å². The molecule has 39 nitrogen and oxygen atoms in total. The van der Waals surface area contributed by atoms with Crippen molar-refractivity contribution in [1.29, 1.82) is 5.26 Å². The summed E-state index contributed by atoms with van der Waals surface area (Å²) in [6.07, 6.45) is -4.73. The van der Waals surface area contributed by atoms with Gasteiger partial charge in [0, 0.05) is 86.9 Å². The molecule has 21 heterocycles. The summed E-state index contributed by atoms with van der Waals surface area (Å²) in [6.45, 7) is 18.5. The second kappa shape index (κ2) is 25.9. The van der Waals surface area contributed by atoms with Gasteiger partial charge in [-0.2, -0.15) is 64.2 Å². The average molecular weight is 1700 g/mol.